The standard InChI is InChI=1S/C17H20N6O3/c24-15-7-3-1-5-13(15)9-11-18-22-20-17(26)21-23-19-12-10-14-6-2-4-8-16(14)25/h1-8,11-12,22-25H,9-10H2,(H2,20,21,26). The molecule has 26 heavy (non-hydrogen) atoms. The number of benzene rings is 2. The zero-order valence-corrected chi connectivity index (χ0v) is 13.9. The van der Waals surface area contributed by atoms with Gasteiger partial charge in [0, 0.05) is 25.3 Å². The molecule has 0 fully saturated rings. The number of phenols is 2. The summed E-state index contributed by atoms with van der Waals surface area (Å²) in [6.07, 6.45) is 3.84. The third kappa shape index (κ3) is 6.40. The van der Waals surface area contributed by atoms with Gasteiger partial charge in [-0.15, -0.1) is 0 Å². The monoisotopic (exact) mass is 356 g/mol. The molecule has 2 aromatic carbocycles. The van der Waals surface area contributed by atoms with Crippen LogP contribution in [-0.4, -0.2) is 28.7 Å². The quantitative estimate of drug-likeness (QED) is 0.312. The van der Waals surface area contributed by atoms with Crippen molar-refractivity contribution < 1.29 is 15.0 Å². The van der Waals surface area contributed by atoms with Crippen molar-refractivity contribution in [3.05, 3.63) is 59.7 Å². The highest BCUT2D eigenvalue weighted by Crippen LogP contribution is 2.15. The summed E-state index contributed by atoms with van der Waals surface area (Å²) in [7, 11) is 0. The first-order valence-corrected chi connectivity index (χ1v) is 7.79. The topological polar surface area (TPSA) is 130 Å². The van der Waals surface area contributed by atoms with E-state index in [0.29, 0.717) is 12.8 Å². The van der Waals surface area contributed by atoms with E-state index in [1.165, 1.54) is 12.4 Å². The highest BCUT2D eigenvalue weighted by molar-refractivity contribution is 5.73. The molecule has 2 amide bonds. The van der Waals surface area contributed by atoms with Gasteiger partial charge in [-0.2, -0.15) is 10.2 Å². The van der Waals surface area contributed by atoms with Gasteiger partial charge in [-0.1, -0.05) is 36.4 Å². The molecule has 0 saturated heterocycles. The second-order valence-corrected chi connectivity index (χ2v) is 5.09. The van der Waals surface area contributed by atoms with Crippen LogP contribution in [0.5, 0.6) is 11.5 Å². The maximum atomic E-state index is 11.4. The molecule has 0 aliphatic carbocycles. The molecule has 0 radical (unpaired) electrons. The lowest BCUT2D eigenvalue weighted by molar-refractivity contribution is 0.232. The van der Waals surface area contributed by atoms with Gasteiger partial charge in [-0.05, 0) is 23.3 Å². The number of aromatic hydroxyl groups is 2. The fraction of sp³-hybridized carbons (Fsp3) is 0.118. The maximum absolute atomic E-state index is 11.4. The van der Waals surface area contributed by atoms with Crippen LogP contribution in [0.3, 0.4) is 0 Å². The van der Waals surface area contributed by atoms with Gasteiger partial charge in [0.1, 0.15) is 11.5 Å². The summed E-state index contributed by atoms with van der Waals surface area (Å²) in [6.45, 7) is 0. The summed E-state index contributed by atoms with van der Waals surface area (Å²) in [5, 5.41) is 26.8. The number of hydrogen-bond donors (Lipinski definition) is 6. The van der Waals surface area contributed by atoms with Crippen LogP contribution < -0.4 is 21.9 Å². The summed E-state index contributed by atoms with van der Waals surface area (Å²) in [5.74, 6) is 0.381. The molecular formula is C17H20N6O3. The second-order valence-electron chi connectivity index (χ2n) is 5.09. The number of hydrazine groups is 2. The lowest BCUT2D eigenvalue weighted by Crippen LogP contribution is -2.46. The van der Waals surface area contributed by atoms with Crippen molar-refractivity contribution >= 4 is 18.5 Å². The average molecular weight is 356 g/mol. The van der Waals surface area contributed by atoms with Crippen molar-refractivity contribution in [1.29, 1.82) is 0 Å². The Hall–Kier alpha value is -3.75. The van der Waals surface area contributed by atoms with Crippen LogP contribution in [0.4, 0.5) is 4.79 Å². The second kappa shape index (κ2) is 10.2. The Bertz CT molecular complexity index is 715. The molecule has 0 atom stereocenters. The van der Waals surface area contributed by atoms with Gasteiger partial charge in [0.15, 0.2) is 0 Å². The van der Waals surface area contributed by atoms with E-state index >= 15 is 0 Å². The molecule has 0 saturated carbocycles. The van der Waals surface area contributed by atoms with E-state index in [1.807, 2.05) is 12.1 Å². The summed E-state index contributed by atoms with van der Waals surface area (Å²) in [5.41, 5.74) is 10.7. The number of nitrogens with zero attached hydrogens (tertiary/aromatic N) is 2. The van der Waals surface area contributed by atoms with Crippen LogP contribution >= 0.6 is 0 Å². The number of hydrogen-bond acceptors (Lipinski definition) is 7. The van der Waals surface area contributed by atoms with Crippen LogP contribution in [0, 0.1) is 0 Å². The molecule has 9 nitrogen and oxygen atoms in total. The fourth-order valence-electron chi connectivity index (χ4n) is 1.94. The van der Waals surface area contributed by atoms with Gasteiger partial charge < -0.3 is 10.2 Å². The van der Waals surface area contributed by atoms with E-state index in [1.54, 1.807) is 36.4 Å². The number of nitrogens with one attached hydrogen (secondary N) is 4. The molecule has 0 aliphatic rings. The van der Waals surface area contributed by atoms with Crippen LogP contribution in [0.2, 0.25) is 0 Å². The minimum atomic E-state index is -0.593. The van der Waals surface area contributed by atoms with Crippen LogP contribution in [0.15, 0.2) is 58.7 Å². The molecule has 0 heterocycles. The Kier molecular flexibility index (Phi) is 7.28. The van der Waals surface area contributed by atoms with E-state index < -0.39 is 6.03 Å². The number of carbonyl (C=O) groups excluding carboxylic acids is 1. The van der Waals surface area contributed by atoms with Crippen molar-refractivity contribution in [2.75, 3.05) is 0 Å². The van der Waals surface area contributed by atoms with E-state index in [9.17, 15) is 15.0 Å². The van der Waals surface area contributed by atoms with Gasteiger partial charge in [0.2, 0.25) is 0 Å². The van der Waals surface area contributed by atoms with Crippen molar-refractivity contribution in [3.63, 3.8) is 0 Å². The summed E-state index contributed by atoms with van der Waals surface area (Å²) in [4.78, 5) is 11.4. The Morgan fingerprint density at radius 3 is 1.65 bits per heavy atom. The van der Waals surface area contributed by atoms with E-state index in [2.05, 4.69) is 32.1 Å². The van der Waals surface area contributed by atoms with Gasteiger partial charge in [0.05, 0.1) is 0 Å². The molecule has 0 spiro atoms. The van der Waals surface area contributed by atoms with Crippen LogP contribution in [0.1, 0.15) is 11.1 Å². The molecule has 0 aromatic heterocycles. The highest BCUT2D eigenvalue weighted by Gasteiger charge is 1.98. The predicted molar refractivity (Wildman–Crippen MR) is 98.5 cm³/mol. The first-order valence-electron chi connectivity index (χ1n) is 7.79. The molecule has 0 aliphatic heterocycles. The average Bonchev–Trinajstić information content (AvgIpc) is 2.64. The Balaban J connectivity index is 1.59. The molecule has 2 aromatic rings. The largest absolute Gasteiger partial charge is 0.508 e. The molecular weight excluding hydrogens is 336 g/mol. The molecule has 9 heteroatoms. The van der Waals surface area contributed by atoms with Crippen molar-refractivity contribution in [2.45, 2.75) is 12.8 Å². The first-order chi connectivity index (χ1) is 12.7. The number of para-hydroxylation sites is 2. The summed E-state index contributed by atoms with van der Waals surface area (Å²) < 4.78 is 0. The Morgan fingerprint density at radius 2 is 1.23 bits per heavy atom. The van der Waals surface area contributed by atoms with Gasteiger partial charge >= 0.3 is 6.03 Å². The third-order valence-electron chi connectivity index (χ3n) is 3.26. The lowest BCUT2D eigenvalue weighted by atomic mass is 10.1. The van der Waals surface area contributed by atoms with Gasteiger partial charge in [-0.3, -0.25) is 0 Å². The number of hydrazone groups is 2. The van der Waals surface area contributed by atoms with E-state index in [0.717, 1.165) is 11.1 Å². The minimum absolute atomic E-state index is 0.190. The summed E-state index contributed by atoms with van der Waals surface area (Å²) in [6, 6.07) is 13.2. The van der Waals surface area contributed by atoms with Gasteiger partial charge in [0.25, 0.3) is 0 Å². The SMILES string of the molecule is O=C(NNN=CCc1ccccc1O)NNN=CCc1ccccc1O. The zero-order chi connectivity index (χ0) is 18.6. The van der Waals surface area contributed by atoms with Crippen LogP contribution in [-0.2, 0) is 12.8 Å². The van der Waals surface area contributed by atoms with E-state index in [4.69, 9.17) is 0 Å². The number of carbonyl (C=O) groups is 1. The third-order valence-corrected chi connectivity index (χ3v) is 3.26. The molecule has 136 valence electrons. The van der Waals surface area contributed by atoms with Crippen molar-refractivity contribution in [3.8, 4) is 11.5 Å². The zero-order valence-electron chi connectivity index (χ0n) is 13.9. The van der Waals surface area contributed by atoms with E-state index in [-0.39, 0.29) is 11.5 Å². The number of amides is 2. The van der Waals surface area contributed by atoms with Crippen molar-refractivity contribution in [1.82, 2.24) is 21.9 Å². The number of phenolic OH excluding ortho intramolecular Hbond substituents is 2. The maximum Gasteiger partial charge on any atom is 0.354 e. The lowest BCUT2D eigenvalue weighted by Gasteiger charge is -2.05. The smallest absolute Gasteiger partial charge is 0.354 e. The summed E-state index contributed by atoms with van der Waals surface area (Å²) >= 11 is 0. The predicted octanol–water partition coefficient (Wildman–Crippen LogP) is 1.16. The normalized spacial score (nSPS) is 10.8. The van der Waals surface area contributed by atoms with Crippen LogP contribution in [0.25, 0.3) is 0 Å². The minimum Gasteiger partial charge on any atom is -0.508 e. The molecule has 0 bridgehead atoms. The first kappa shape index (κ1) is 18.6. The highest BCUT2D eigenvalue weighted by atomic mass is 16.3. The fourth-order valence-corrected chi connectivity index (χ4v) is 1.94. The van der Waals surface area contributed by atoms with Gasteiger partial charge in [-0.25, -0.2) is 26.7 Å². The Labute approximate surface area is 150 Å². The molecule has 6 N–H and O–H groups in total. The number of rotatable bonds is 8. The number of urea groups is 1. The van der Waals surface area contributed by atoms with Crippen molar-refractivity contribution in [2.24, 2.45) is 10.2 Å². The Morgan fingerprint density at radius 1 is 0.808 bits per heavy atom. The molecule has 2 rings (SSSR count). The molecule has 0 unspecified atom stereocenters.